The van der Waals surface area contributed by atoms with Crippen LogP contribution in [0.2, 0.25) is 5.02 Å². The van der Waals surface area contributed by atoms with Gasteiger partial charge in [-0.05, 0) is 50.5 Å². The third-order valence-electron chi connectivity index (χ3n) is 7.21. The first kappa shape index (κ1) is 23.8. The molecule has 4 aromatic rings. The molecule has 3 aromatic heterocycles. The Balaban J connectivity index is 1.59. The highest BCUT2D eigenvalue weighted by molar-refractivity contribution is 6.31. The molecule has 1 fully saturated rings. The number of aromatic nitrogens is 4. The van der Waals surface area contributed by atoms with Crippen LogP contribution in [0.4, 0.5) is 4.39 Å². The van der Waals surface area contributed by atoms with Crippen molar-refractivity contribution in [2.75, 3.05) is 7.11 Å². The van der Waals surface area contributed by atoms with Gasteiger partial charge in [-0.25, -0.2) is 9.37 Å². The van der Waals surface area contributed by atoms with Crippen molar-refractivity contribution in [1.82, 2.24) is 19.7 Å². The van der Waals surface area contributed by atoms with E-state index in [1.54, 1.807) is 13.2 Å². The topological polar surface area (TPSA) is 96.2 Å². The van der Waals surface area contributed by atoms with Gasteiger partial charge in [-0.2, -0.15) is 5.10 Å². The van der Waals surface area contributed by atoms with Gasteiger partial charge in [0.15, 0.2) is 0 Å². The van der Waals surface area contributed by atoms with E-state index in [0.29, 0.717) is 29.8 Å². The summed E-state index contributed by atoms with van der Waals surface area (Å²) >= 11 is 6.37. The van der Waals surface area contributed by atoms with Crippen molar-refractivity contribution in [3.8, 4) is 16.9 Å². The molecule has 1 saturated carbocycles. The molecule has 0 bridgehead atoms. The number of aromatic amines is 1. The lowest BCUT2D eigenvalue weighted by molar-refractivity contribution is 0.0438. The summed E-state index contributed by atoms with van der Waals surface area (Å²) in [6.45, 7) is 5.90. The fourth-order valence-electron chi connectivity index (χ4n) is 5.41. The number of hydrogen-bond acceptors (Lipinski definition) is 5. The van der Waals surface area contributed by atoms with Gasteiger partial charge in [-0.3, -0.25) is 4.68 Å². The van der Waals surface area contributed by atoms with Gasteiger partial charge in [0.2, 0.25) is 0 Å². The van der Waals surface area contributed by atoms with Crippen molar-refractivity contribution in [2.45, 2.75) is 57.8 Å². The summed E-state index contributed by atoms with van der Waals surface area (Å²) in [4.78, 5) is 7.85. The van der Waals surface area contributed by atoms with Crippen LogP contribution in [0.25, 0.3) is 22.2 Å². The Labute approximate surface area is 207 Å². The molecule has 1 aliphatic rings. The summed E-state index contributed by atoms with van der Waals surface area (Å²) in [5, 5.41) is 25.7. The van der Waals surface area contributed by atoms with Crippen molar-refractivity contribution >= 4 is 22.6 Å². The number of H-pyrrole nitrogens is 1. The smallest absolute Gasteiger partial charge is 0.142 e. The quantitative estimate of drug-likeness (QED) is 0.357. The van der Waals surface area contributed by atoms with E-state index in [2.05, 4.69) is 16.0 Å². The number of aliphatic hydroxyl groups is 2. The largest absolute Gasteiger partial charge is 0.496 e. The van der Waals surface area contributed by atoms with Crippen LogP contribution in [0.15, 0.2) is 30.6 Å². The Morgan fingerprint density at radius 1 is 1.23 bits per heavy atom. The zero-order valence-electron chi connectivity index (χ0n) is 20.0. The molecule has 35 heavy (non-hydrogen) atoms. The maximum absolute atomic E-state index is 14.3. The van der Waals surface area contributed by atoms with E-state index in [1.165, 1.54) is 6.07 Å². The Kier molecular flexibility index (Phi) is 6.07. The number of methoxy groups -OCH3 is 1. The van der Waals surface area contributed by atoms with Gasteiger partial charge in [0.05, 0.1) is 36.1 Å². The minimum atomic E-state index is -0.735. The monoisotopic (exact) mass is 498 g/mol. The molecular weight excluding hydrogens is 471 g/mol. The summed E-state index contributed by atoms with van der Waals surface area (Å²) in [6, 6.07) is 4.89. The van der Waals surface area contributed by atoms with Crippen LogP contribution in [0.3, 0.4) is 0 Å². The highest BCUT2D eigenvalue weighted by Gasteiger charge is 2.34. The number of hydrogen-bond donors (Lipinski definition) is 3. The van der Waals surface area contributed by atoms with Crippen LogP contribution in [-0.2, 0) is 0 Å². The van der Waals surface area contributed by atoms with Crippen molar-refractivity contribution in [1.29, 1.82) is 0 Å². The lowest BCUT2D eigenvalue weighted by Crippen LogP contribution is -2.17. The number of rotatable bonds is 5. The molecule has 5 rings (SSSR count). The average molecular weight is 499 g/mol. The maximum Gasteiger partial charge on any atom is 0.142 e. The number of benzene rings is 1. The first-order chi connectivity index (χ1) is 16.7. The van der Waals surface area contributed by atoms with Crippen molar-refractivity contribution in [3.05, 3.63) is 63.9 Å². The predicted molar refractivity (Wildman–Crippen MR) is 133 cm³/mol. The van der Waals surface area contributed by atoms with Crippen molar-refractivity contribution in [2.24, 2.45) is 0 Å². The lowest BCUT2D eigenvalue weighted by atomic mass is 9.91. The summed E-state index contributed by atoms with van der Waals surface area (Å²) in [7, 11) is 1.54. The average Bonchev–Trinajstić information content (AvgIpc) is 3.49. The molecule has 0 spiro atoms. The maximum atomic E-state index is 14.3. The van der Waals surface area contributed by atoms with E-state index >= 15 is 0 Å². The normalized spacial score (nSPS) is 21.1. The second kappa shape index (κ2) is 8.93. The van der Waals surface area contributed by atoms with Crippen LogP contribution in [0, 0.1) is 19.7 Å². The molecule has 0 amide bonds. The predicted octanol–water partition coefficient (Wildman–Crippen LogP) is 5.05. The molecular formula is C26H28ClFN4O3. The number of pyridine rings is 1. The van der Waals surface area contributed by atoms with Gasteiger partial charge in [-0.1, -0.05) is 18.5 Å². The van der Waals surface area contributed by atoms with Crippen LogP contribution in [0.1, 0.15) is 54.2 Å². The Hall–Kier alpha value is -2.94. The van der Waals surface area contributed by atoms with Gasteiger partial charge < -0.3 is 19.9 Å². The van der Waals surface area contributed by atoms with Gasteiger partial charge >= 0.3 is 0 Å². The molecule has 184 valence electrons. The van der Waals surface area contributed by atoms with Gasteiger partial charge in [-0.15, -0.1) is 0 Å². The molecule has 4 atom stereocenters. The van der Waals surface area contributed by atoms with E-state index < -0.39 is 18.0 Å². The van der Waals surface area contributed by atoms with Gasteiger partial charge in [0.25, 0.3) is 0 Å². The second-order valence-corrected chi connectivity index (χ2v) is 9.69. The SMILES string of the molecule is COc1ccc(F)c(Cl)c1[C@@H](C)c1c[nH]c2ncc(-c3c(C)nn([C@H]4C[C@@H](O)[C@@H](O)C4)c3C)cc12. The van der Waals surface area contributed by atoms with E-state index in [9.17, 15) is 14.6 Å². The highest BCUT2D eigenvalue weighted by Crippen LogP contribution is 2.41. The Morgan fingerprint density at radius 3 is 2.63 bits per heavy atom. The number of ether oxygens (including phenoxy) is 1. The third-order valence-corrected chi connectivity index (χ3v) is 7.59. The van der Waals surface area contributed by atoms with Crippen molar-refractivity contribution in [3.63, 3.8) is 0 Å². The minimum Gasteiger partial charge on any atom is -0.496 e. The summed E-state index contributed by atoms with van der Waals surface area (Å²) < 4.78 is 21.7. The fourth-order valence-corrected chi connectivity index (χ4v) is 5.73. The first-order valence-corrected chi connectivity index (χ1v) is 12.0. The van der Waals surface area contributed by atoms with E-state index in [1.807, 2.05) is 37.8 Å². The second-order valence-electron chi connectivity index (χ2n) is 9.31. The number of nitrogens with zero attached hydrogens (tertiary/aromatic N) is 3. The fraction of sp³-hybridized carbons (Fsp3) is 0.385. The van der Waals surface area contributed by atoms with Gasteiger partial charge in [0.1, 0.15) is 17.2 Å². The number of nitrogens with one attached hydrogen (secondary N) is 1. The zero-order chi connectivity index (χ0) is 25.0. The molecule has 3 heterocycles. The standard InChI is InChI=1S/C26H28ClFN4O3/c1-12(23-22(35-4)6-5-19(28)25(23)27)18-11-30-26-17(18)7-15(10-29-26)24-13(2)31-32(14(24)3)16-8-20(33)21(34)9-16/h5-7,10-12,16,20-21,33-34H,8-9H2,1-4H3,(H,29,30)/t12-,16-,20+,21-/m0/s1. The first-order valence-electron chi connectivity index (χ1n) is 11.6. The highest BCUT2D eigenvalue weighted by atomic mass is 35.5. The summed E-state index contributed by atoms with van der Waals surface area (Å²) in [5.41, 5.74) is 5.89. The van der Waals surface area contributed by atoms with E-state index in [0.717, 1.165) is 33.5 Å². The van der Waals surface area contributed by atoms with Crippen LogP contribution in [0.5, 0.6) is 5.75 Å². The number of halogens is 2. The molecule has 9 heteroatoms. The number of aryl methyl sites for hydroxylation is 1. The lowest BCUT2D eigenvalue weighted by Gasteiger charge is -2.17. The number of fused-ring (bicyclic) bond motifs is 1. The molecule has 0 radical (unpaired) electrons. The molecule has 1 aromatic carbocycles. The molecule has 7 nitrogen and oxygen atoms in total. The number of aliphatic hydroxyl groups excluding tert-OH is 2. The molecule has 0 saturated heterocycles. The van der Waals surface area contributed by atoms with E-state index in [-0.39, 0.29) is 17.0 Å². The van der Waals surface area contributed by atoms with Crippen LogP contribution >= 0.6 is 11.6 Å². The van der Waals surface area contributed by atoms with Gasteiger partial charge in [0, 0.05) is 46.1 Å². The molecule has 0 aliphatic heterocycles. The molecule has 3 N–H and O–H groups in total. The van der Waals surface area contributed by atoms with E-state index in [4.69, 9.17) is 21.4 Å². The molecule has 1 aliphatic carbocycles. The molecule has 0 unspecified atom stereocenters. The summed E-state index contributed by atoms with van der Waals surface area (Å²) in [5.74, 6) is -0.226. The minimum absolute atomic E-state index is 0.0456. The third kappa shape index (κ3) is 3.90. The van der Waals surface area contributed by atoms with Crippen LogP contribution in [-0.4, -0.2) is 49.3 Å². The Morgan fingerprint density at radius 2 is 1.94 bits per heavy atom. The summed E-state index contributed by atoms with van der Waals surface area (Å²) in [6.07, 6.45) is 3.15. The zero-order valence-corrected chi connectivity index (χ0v) is 20.8. The Bertz CT molecular complexity index is 1410. The van der Waals surface area contributed by atoms with Crippen molar-refractivity contribution < 1.29 is 19.3 Å². The van der Waals surface area contributed by atoms with Crippen LogP contribution < -0.4 is 4.74 Å².